The summed E-state index contributed by atoms with van der Waals surface area (Å²) in [6.45, 7) is 5.65. The zero-order chi connectivity index (χ0) is 19.3. The Labute approximate surface area is 166 Å². The highest BCUT2D eigenvalue weighted by Crippen LogP contribution is 2.35. The zero-order valence-electron chi connectivity index (χ0n) is 16.6. The third-order valence-corrected chi connectivity index (χ3v) is 5.54. The number of nitrogens with one attached hydrogen (secondary N) is 1. The van der Waals surface area contributed by atoms with Crippen LogP contribution in [0.5, 0.6) is 0 Å². The summed E-state index contributed by atoms with van der Waals surface area (Å²) in [5, 5.41) is 7.64. The summed E-state index contributed by atoms with van der Waals surface area (Å²) in [5.74, 6) is 1.25. The SMILES string of the molecule is COCc1ncc(CN2CCC(c3[nH]ncc3-c3ccccc3C)CC2)cn1. The molecule has 6 nitrogen and oxygen atoms in total. The van der Waals surface area contributed by atoms with Gasteiger partial charge in [-0.25, -0.2) is 9.97 Å². The van der Waals surface area contributed by atoms with Crippen LogP contribution in [0.4, 0.5) is 0 Å². The number of rotatable bonds is 6. The lowest BCUT2D eigenvalue weighted by Gasteiger charge is -2.31. The normalized spacial score (nSPS) is 15.8. The van der Waals surface area contributed by atoms with Gasteiger partial charge < -0.3 is 4.74 Å². The van der Waals surface area contributed by atoms with Gasteiger partial charge >= 0.3 is 0 Å². The maximum absolute atomic E-state index is 5.07. The van der Waals surface area contributed by atoms with E-state index < -0.39 is 0 Å². The predicted molar refractivity (Wildman–Crippen MR) is 109 cm³/mol. The highest BCUT2D eigenvalue weighted by molar-refractivity contribution is 5.69. The van der Waals surface area contributed by atoms with E-state index in [1.165, 1.54) is 22.4 Å². The summed E-state index contributed by atoms with van der Waals surface area (Å²) in [6.07, 6.45) is 8.06. The third kappa shape index (κ3) is 4.13. The largest absolute Gasteiger partial charge is 0.377 e. The first kappa shape index (κ1) is 18.8. The fraction of sp³-hybridized carbons (Fsp3) is 0.409. The minimum absolute atomic E-state index is 0.457. The summed E-state index contributed by atoms with van der Waals surface area (Å²) < 4.78 is 5.07. The summed E-state index contributed by atoms with van der Waals surface area (Å²) in [5.41, 5.74) is 6.25. The van der Waals surface area contributed by atoms with Gasteiger partial charge in [0, 0.05) is 48.8 Å². The lowest BCUT2D eigenvalue weighted by molar-refractivity contribution is 0.177. The first-order chi connectivity index (χ1) is 13.7. The molecule has 4 rings (SSSR count). The number of aromatic nitrogens is 4. The average Bonchev–Trinajstić information content (AvgIpc) is 3.20. The second-order valence-electron chi connectivity index (χ2n) is 7.50. The van der Waals surface area contributed by atoms with Crippen molar-refractivity contribution in [2.75, 3.05) is 20.2 Å². The van der Waals surface area contributed by atoms with Gasteiger partial charge in [-0.15, -0.1) is 0 Å². The lowest BCUT2D eigenvalue weighted by atomic mass is 9.88. The number of aromatic amines is 1. The van der Waals surface area contributed by atoms with Crippen LogP contribution in [0, 0.1) is 6.92 Å². The summed E-state index contributed by atoms with van der Waals surface area (Å²) in [4.78, 5) is 11.2. The van der Waals surface area contributed by atoms with E-state index in [2.05, 4.69) is 56.3 Å². The molecule has 1 saturated heterocycles. The minimum atomic E-state index is 0.457. The van der Waals surface area contributed by atoms with E-state index in [0.717, 1.165) is 43.9 Å². The van der Waals surface area contributed by atoms with Gasteiger partial charge in [0.25, 0.3) is 0 Å². The van der Waals surface area contributed by atoms with Gasteiger partial charge in [-0.05, 0) is 44.0 Å². The molecule has 1 aromatic carbocycles. The lowest BCUT2D eigenvalue weighted by Crippen LogP contribution is -2.32. The fourth-order valence-electron chi connectivity index (χ4n) is 4.00. The summed E-state index contributed by atoms with van der Waals surface area (Å²) >= 11 is 0. The Morgan fingerprint density at radius 1 is 1.07 bits per heavy atom. The molecule has 0 amide bonds. The molecule has 0 bridgehead atoms. The van der Waals surface area contributed by atoms with Crippen molar-refractivity contribution in [1.82, 2.24) is 25.1 Å². The van der Waals surface area contributed by atoms with Gasteiger partial charge in [0.1, 0.15) is 6.61 Å². The van der Waals surface area contributed by atoms with Crippen LogP contribution in [0.2, 0.25) is 0 Å². The Morgan fingerprint density at radius 2 is 1.82 bits per heavy atom. The Kier molecular flexibility index (Phi) is 5.78. The van der Waals surface area contributed by atoms with Crippen molar-refractivity contribution < 1.29 is 4.74 Å². The molecule has 0 spiro atoms. The molecule has 0 unspecified atom stereocenters. The molecule has 0 radical (unpaired) electrons. The van der Waals surface area contributed by atoms with Gasteiger partial charge in [0.15, 0.2) is 5.82 Å². The Hall–Kier alpha value is -2.57. The van der Waals surface area contributed by atoms with Gasteiger partial charge in [0.05, 0.1) is 6.20 Å². The molecule has 3 aromatic rings. The molecule has 3 heterocycles. The average molecular weight is 377 g/mol. The van der Waals surface area contributed by atoms with Crippen molar-refractivity contribution >= 4 is 0 Å². The molecule has 0 aliphatic carbocycles. The molecule has 1 aliphatic rings. The number of ether oxygens (including phenoxy) is 1. The van der Waals surface area contributed by atoms with Crippen molar-refractivity contribution in [3.8, 4) is 11.1 Å². The molecule has 146 valence electrons. The number of hydrogen-bond donors (Lipinski definition) is 1. The first-order valence-electron chi connectivity index (χ1n) is 9.85. The van der Waals surface area contributed by atoms with Gasteiger partial charge in [-0.1, -0.05) is 24.3 Å². The minimum Gasteiger partial charge on any atom is -0.377 e. The van der Waals surface area contributed by atoms with E-state index in [1.54, 1.807) is 7.11 Å². The molecular formula is C22H27N5O. The monoisotopic (exact) mass is 377 g/mol. The van der Waals surface area contributed by atoms with E-state index >= 15 is 0 Å². The van der Waals surface area contributed by atoms with Gasteiger partial charge in [-0.2, -0.15) is 5.10 Å². The number of likely N-dealkylation sites (tertiary alicyclic amines) is 1. The molecule has 1 fully saturated rings. The van der Waals surface area contributed by atoms with E-state index in [4.69, 9.17) is 4.74 Å². The van der Waals surface area contributed by atoms with Crippen molar-refractivity contribution in [3.63, 3.8) is 0 Å². The number of methoxy groups -OCH3 is 1. The first-order valence-corrected chi connectivity index (χ1v) is 9.85. The van der Waals surface area contributed by atoms with Crippen molar-refractivity contribution in [3.05, 3.63) is 65.5 Å². The highest BCUT2D eigenvalue weighted by atomic mass is 16.5. The van der Waals surface area contributed by atoms with Gasteiger partial charge in [0.2, 0.25) is 0 Å². The molecule has 2 aromatic heterocycles. The molecule has 1 N–H and O–H groups in total. The van der Waals surface area contributed by atoms with Gasteiger partial charge in [-0.3, -0.25) is 10.00 Å². The maximum atomic E-state index is 5.07. The van der Waals surface area contributed by atoms with Crippen LogP contribution < -0.4 is 0 Å². The zero-order valence-corrected chi connectivity index (χ0v) is 16.6. The summed E-state index contributed by atoms with van der Waals surface area (Å²) in [6, 6.07) is 8.53. The van der Waals surface area contributed by atoms with Crippen molar-refractivity contribution in [2.45, 2.75) is 38.8 Å². The smallest absolute Gasteiger partial charge is 0.153 e. The number of hydrogen-bond acceptors (Lipinski definition) is 5. The van der Waals surface area contributed by atoms with E-state index in [9.17, 15) is 0 Å². The number of nitrogens with zero attached hydrogens (tertiary/aromatic N) is 4. The van der Waals surface area contributed by atoms with E-state index in [-0.39, 0.29) is 0 Å². The fourth-order valence-corrected chi connectivity index (χ4v) is 4.00. The second-order valence-corrected chi connectivity index (χ2v) is 7.50. The van der Waals surface area contributed by atoms with Crippen LogP contribution in [0.3, 0.4) is 0 Å². The predicted octanol–water partition coefficient (Wildman–Crippen LogP) is 3.70. The second kappa shape index (κ2) is 8.63. The molecule has 0 saturated carbocycles. The Balaban J connectivity index is 1.39. The number of aryl methyl sites for hydroxylation is 1. The highest BCUT2D eigenvalue weighted by Gasteiger charge is 2.25. The molecule has 1 aliphatic heterocycles. The summed E-state index contributed by atoms with van der Waals surface area (Å²) in [7, 11) is 1.66. The number of H-pyrrole nitrogens is 1. The Morgan fingerprint density at radius 3 is 2.54 bits per heavy atom. The van der Waals surface area contributed by atoms with E-state index in [0.29, 0.717) is 12.5 Å². The van der Waals surface area contributed by atoms with Crippen LogP contribution >= 0.6 is 0 Å². The van der Waals surface area contributed by atoms with Crippen LogP contribution in [-0.4, -0.2) is 45.3 Å². The van der Waals surface area contributed by atoms with E-state index in [1.807, 2.05) is 18.6 Å². The molecule has 28 heavy (non-hydrogen) atoms. The molecule has 0 atom stereocenters. The van der Waals surface area contributed by atoms with Crippen LogP contribution in [-0.2, 0) is 17.9 Å². The number of benzene rings is 1. The maximum Gasteiger partial charge on any atom is 0.153 e. The Bertz CT molecular complexity index is 897. The van der Waals surface area contributed by atoms with Crippen LogP contribution in [0.15, 0.2) is 42.9 Å². The van der Waals surface area contributed by atoms with Crippen molar-refractivity contribution in [2.24, 2.45) is 0 Å². The van der Waals surface area contributed by atoms with Crippen LogP contribution in [0.1, 0.15) is 41.4 Å². The third-order valence-electron chi connectivity index (χ3n) is 5.54. The quantitative estimate of drug-likeness (QED) is 0.709. The van der Waals surface area contributed by atoms with Crippen LogP contribution in [0.25, 0.3) is 11.1 Å². The van der Waals surface area contributed by atoms with Crippen molar-refractivity contribution in [1.29, 1.82) is 0 Å². The molecule has 6 heteroatoms. The molecular weight excluding hydrogens is 350 g/mol. The number of piperidine rings is 1. The topological polar surface area (TPSA) is 66.9 Å². The standard InChI is InChI=1S/C22H27N5O/c1-16-5-3-4-6-19(16)20-13-25-26-22(20)18-7-9-27(10-8-18)14-17-11-23-21(15-28-2)24-12-17/h3-6,11-13,18H,7-10,14-15H2,1-2H3,(H,25,26).